The SMILES string of the molecule is CC(NCc1ccccc1F)c1ncn[nH]1. The molecule has 16 heavy (non-hydrogen) atoms. The summed E-state index contributed by atoms with van der Waals surface area (Å²) in [5.41, 5.74) is 0.647. The Labute approximate surface area is 92.9 Å². The average Bonchev–Trinajstić information content (AvgIpc) is 2.81. The van der Waals surface area contributed by atoms with E-state index in [4.69, 9.17) is 0 Å². The molecule has 0 aliphatic rings. The maximum atomic E-state index is 13.3. The van der Waals surface area contributed by atoms with Crippen LogP contribution in [0.3, 0.4) is 0 Å². The van der Waals surface area contributed by atoms with Crippen LogP contribution in [0.4, 0.5) is 4.39 Å². The highest BCUT2D eigenvalue weighted by atomic mass is 19.1. The van der Waals surface area contributed by atoms with Crippen LogP contribution in [0.5, 0.6) is 0 Å². The highest BCUT2D eigenvalue weighted by molar-refractivity contribution is 5.17. The first-order valence-electron chi connectivity index (χ1n) is 5.09. The summed E-state index contributed by atoms with van der Waals surface area (Å²) in [6.07, 6.45) is 1.45. The predicted molar refractivity (Wildman–Crippen MR) is 58.0 cm³/mol. The molecule has 2 aromatic rings. The number of rotatable bonds is 4. The van der Waals surface area contributed by atoms with Crippen molar-refractivity contribution < 1.29 is 4.39 Å². The molecule has 5 heteroatoms. The van der Waals surface area contributed by atoms with E-state index in [0.717, 1.165) is 5.82 Å². The average molecular weight is 220 g/mol. The molecule has 0 radical (unpaired) electrons. The van der Waals surface area contributed by atoms with Gasteiger partial charge in [0.15, 0.2) is 0 Å². The summed E-state index contributed by atoms with van der Waals surface area (Å²) in [4.78, 5) is 4.03. The molecule has 1 aromatic heterocycles. The van der Waals surface area contributed by atoms with Crippen molar-refractivity contribution in [1.29, 1.82) is 0 Å². The molecule has 4 nitrogen and oxygen atoms in total. The molecule has 0 saturated carbocycles. The van der Waals surface area contributed by atoms with Crippen molar-refractivity contribution in [3.8, 4) is 0 Å². The van der Waals surface area contributed by atoms with Gasteiger partial charge in [-0.15, -0.1) is 0 Å². The van der Waals surface area contributed by atoms with Crippen LogP contribution in [-0.2, 0) is 6.54 Å². The fourth-order valence-corrected chi connectivity index (χ4v) is 1.43. The van der Waals surface area contributed by atoms with E-state index >= 15 is 0 Å². The number of halogens is 1. The van der Waals surface area contributed by atoms with Crippen LogP contribution in [0.25, 0.3) is 0 Å². The van der Waals surface area contributed by atoms with E-state index in [1.54, 1.807) is 12.1 Å². The Morgan fingerprint density at radius 1 is 1.44 bits per heavy atom. The Balaban J connectivity index is 1.95. The number of aromatic nitrogens is 3. The number of hydrogen-bond acceptors (Lipinski definition) is 3. The Bertz CT molecular complexity index is 441. The van der Waals surface area contributed by atoms with E-state index in [1.165, 1.54) is 12.4 Å². The Hall–Kier alpha value is -1.75. The summed E-state index contributed by atoms with van der Waals surface area (Å²) in [7, 11) is 0. The van der Waals surface area contributed by atoms with Gasteiger partial charge in [0, 0.05) is 12.1 Å². The van der Waals surface area contributed by atoms with Gasteiger partial charge in [-0.2, -0.15) is 5.10 Å². The number of hydrogen-bond donors (Lipinski definition) is 2. The van der Waals surface area contributed by atoms with E-state index < -0.39 is 0 Å². The van der Waals surface area contributed by atoms with Gasteiger partial charge in [-0.1, -0.05) is 18.2 Å². The van der Waals surface area contributed by atoms with E-state index in [-0.39, 0.29) is 11.9 Å². The van der Waals surface area contributed by atoms with Crippen molar-refractivity contribution in [2.45, 2.75) is 19.5 Å². The van der Waals surface area contributed by atoms with Gasteiger partial charge in [-0.3, -0.25) is 5.10 Å². The molecular formula is C11H13FN4. The lowest BCUT2D eigenvalue weighted by molar-refractivity contribution is 0.527. The van der Waals surface area contributed by atoms with E-state index in [0.29, 0.717) is 12.1 Å². The number of H-pyrrole nitrogens is 1. The molecule has 0 saturated heterocycles. The van der Waals surface area contributed by atoms with Gasteiger partial charge >= 0.3 is 0 Å². The molecule has 1 aromatic carbocycles. The first-order chi connectivity index (χ1) is 7.77. The maximum absolute atomic E-state index is 13.3. The zero-order valence-corrected chi connectivity index (χ0v) is 8.94. The molecule has 0 aliphatic heterocycles. The van der Waals surface area contributed by atoms with E-state index in [2.05, 4.69) is 20.5 Å². The summed E-state index contributed by atoms with van der Waals surface area (Å²) in [5.74, 6) is 0.552. The van der Waals surface area contributed by atoms with Gasteiger partial charge in [0.2, 0.25) is 0 Å². The van der Waals surface area contributed by atoms with Crippen LogP contribution < -0.4 is 5.32 Å². The third kappa shape index (κ3) is 2.43. The van der Waals surface area contributed by atoms with Gasteiger partial charge in [0.05, 0.1) is 6.04 Å². The largest absolute Gasteiger partial charge is 0.303 e. The molecule has 0 spiro atoms. The van der Waals surface area contributed by atoms with Gasteiger partial charge in [-0.05, 0) is 13.0 Å². The van der Waals surface area contributed by atoms with Crippen LogP contribution in [0.2, 0.25) is 0 Å². The summed E-state index contributed by atoms with van der Waals surface area (Å²) < 4.78 is 13.3. The normalized spacial score (nSPS) is 12.6. The smallest absolute Gasteiger partial charge is 0.141 e. The minimum atomic E-state index is -0.195. The molecule has 2 rings (SSSR count). The molecular weight excluding hydrogens is 207 g/mol. The molecule has 1 heterocycles. The van der Waals surface area contributed by atoms with E-state index in [9.17, 15) is 4.39 Å². The fourth-order valence-electron chi connectivity index (χ4n) is 1.43. The quantitative estimate of drug-likeness (QED) is 0.826. The van der Waals surface area contributed by atoms with Gasteiger partial charge < -0.3 is 5.32 Å². The minimum absolute atomic E-state index is 0.0158. The van der Waals surface area contributed by atoms with Crippen molar-refractivity contribution >= 4 is 0 Å². The number of aromatic amines is 1. The van der Waals surface area contributed by atoms with Crippen LogP contribution in [-0.4, -0.2) is 15.2 Å². The summed E-state index contributed by atoms with van der Waals surface area (Å²) in [6, 6.07) is 6.73. The number of nitrogens with zero attached hydrogens (tertiary/aromatic N) is 2. The molecule has 1 unspecified atom stereocenters. The van der Waals surface area contributed by atoms with Gasteiger partial charge in [-0.25, -0.2) is 9.37 Å². The molecule has 0 bridgehead atoms. The zero-order chi connectivity index (χ0) is 11.4. The van der Waals surface area contributed by atoms with Crippen LogP contribution in [0, 0.1) is 5.82 Å². The van der Waals surface area contributed by atoms with Gasteiger partial charge in [0.1, 0.15) is 18.0 Å². The third-order valence-electron chi connectivity index (χ3n) is 2.40. The molecule has 0 aliphatic carbocycles. The first-order valence-corrected chi connectivity index (χ1v) is 5.09. The van der Waals surface area contributed by atoms with Crippen molar-refractivity contribution in [3.05, 3.63) is 47.8 Å². The van der Waals surface area contributed by atoms with Crippen LogP contribution in [0.1, 0.15) is 24.4 Å². The second-order valence-corrected chi connectivity index (χ2v) is 3.56. The van der Waals surface area contributed by atoms with Crippen molar-refractivity contribution in [2.75, 3.05) is 0 Å². The lowest BCUT2D eigenvalue weighted by Gasteiger charge is -2.11. The van der Waals surface area contributed by atoms with E-state index in [1.807, 2.05) is 13.0 Å². The lowest BCUT2D eigenvalue weighted by atomic mass is 10.2. The maximum Gasteiger partial charge on any atom is 0.141 e. The minimum Gasteiger partial charge on any atom is -0.303 e. The Morgan fingerprint density at radius 2 is 2.25 bits per heavy atom. The fraction of sp³-hybridized carbons (Fsp3) is 0.273. The first kappa shape index (κ1) is 10.8. The summed E-state index contributed by atoms with van der Waals surface area (Å²) in [6.45, 7) is 2.41. The van der Waals surface area contributed by atoms with Crippen LogP contribution >= 0.6 is 0 Å². The molecule has 1 atom stereocenters. The molecule has 0 amide bonds. The lowest BCUT2D eigenvalue weighted by Crippen LogP contribution is -2.19. The Kier molecular flexibility index (Phi) is 3.26. The number of benzene rings is 1. The van der Waals surface area contributed by atoms with Crippen molar-refractivity contribution in [1.82, 2.24) is 20.5 Å². The second kappa shape index (κ2) is 4.85. The van der Waals surface area contributed by atoms with Gasteiger partial charge in [0.25, 0.3) is 0 Å². The summed E-state index contributed by atoms with van der Waals surface area (Å²) >= 11 is 0. The highest BCUT2D eigenvalue weighted by Crippen LogP contribution is 2.09. The standard InChI is InChI=1S/C11H13FN4/c1-8(11-14-7-15-16-11)13-6-9-4-2-3-5-10(9)12/h2-5,7-8,13H,6H2,1H3,(H,14,15,16). The van der Waals surface area contributed by atoms with Crippen molar-refractivity contribution in [2.24, 2.45) is 0 Å². The molecule has 2 N–H and O–H groups in total. The zero-order valence-electron chi connectivity index (χ0n) is 8.94. The van der Waals surface area contributed by atoms with Crippen LogP contribution in [0.15, 0.2) is 30.6 Å². The monoisotopic (exact) mass is 220 g/mol. The van der Waals surface area contributed by atoms with Crippen molar-refractivity contribution in [3.63, 3.8) is 0 Å². The number of nitrogens with one attached hydrogen (secondary N) is 2. The molecule has 84 valence electrons. The molecule has 0 fully saturated rings. The topological polar surface area (TPSA) is 53.6 Å². The predicted octanol–water partition coefficient (Wildman–Crippen LogP) is 1.79. The second-order valence-electron chi connectivity index (χ2n) is 3.56. The summed E-state index contributed by atoms with van der Waals surface area (Å²) in [5, 5.41) is 9.70. The third-order valence-corrected chi connectivity index (χ3v) is 2.40. The highest BCUT2D eigenvalue weighted by Gasteiger charge is 2.08. The Morgan fingerprint density at radius 3 is 2.94 bits per heavy atom.